The van der Waals surface area contributed by atoms with E-state index in [2.05, 4.69) is 10.3 Å². The van der Waals surface area contributed by atoms with Gasteiger partial charge in [0, 0.05) is 17.3 Å². The average Bonchev–Trinajstić information content (AvgIpc) is 2.86. The molecule has 1 amide bonds. The van der Waals surface area contributed by atoms with Gasteiger partial charge in [0.1, 0.15) is 10.7 Å². The molecular weight excluding hydrogens is 230 g/mol. The summed E-state index contributed by atoms with van der Waals surface area (Å²) in [6, 6.07) is 1.85. The Morgan fingerprint density at radius 3 is 3.00 bits per heavy atom. The summed E-state index contributed by atoms with van der Waals surface area (Å²) in [7, 11) is 0. The third kappa shape index (κ3) is 2.41. The van der Waals surface area contributed by atoms with E-state index in [1.165, 1.54) is 22.7 Å². The molecule has 0 radical (unpaired) electrons. The molecule has 78 valence electrons. The summed E-state index contributed by atoms with van der Waals surface area (Å²) in [5, 5.41) is 9.01. The summed E-state index contributed by atoms with van der Waals surface area (Å²) in [6.07, 6.45) is 0. The fourth-order valence-corrected chi connectivity index (χ4v) is 2.28. The molecule has 0 atom stereocenters. The maximum Gasteiger partial charge on any atom is 0.275 e. The predicted molar refractivity (Wildman–Crippen MR) is 62.3 cm³/mol. The summed E-state index contributed by atoms with van der Waals surface area (Å²) < 4.78 is 0. The van der Waals surface area contributed by atoms with Crippen LogP contribution in [0.1, 0.15) is 15.5 Å². The van der Waals surface area contributed by atoms with Crippen LogP contribution in [-0.4, -0.2) is 10.9 Å². The maximum atomic E-state index is 11.6. The lowest BCUT2D eigenvalue weighted by molar-refractivity contribution is 0.102. The van der Waals surface area contributed by atoms with Gasteiger partial charge in [-0.05, 0) is 11.4 Å². The van der Waals surface area contributed by atoms with E-state index in [9.17, 15) is 4.79 Å². The van der Waals surface area contributed by atoms with Crippen LogP contribution in [0.4, 0.5) is 5.69 Å². The Balaban J connectivity index is 2.08. The zero-order valence-corrected chi connectivity index (χ0v) is 9.40. The van der Waals surface area contributed by atoms with E-state index in [0.29, 0.717) is 12.2 Å². The molecule has 0 bridgehead atoms. The van der Waals surface area contributed by atoms with Gasteiger partial charge in [0.2, 0.25) is 0 Å². The van der Waals surface area contributed by atoms with Crippen molar-refractivity contribution in [2.75, 3.05) is 5.32 Å². The number of anilines is 1. The lowest BCUT2D eigenvalue weighted by Gasteiger charge is -1.98. The van der Waals surface area contributed by atoms with Crippen LogP contribution in [0.5, 0.6) is 0 Å². The Kier molecular flexibility index (Phi) is 3.10. The van der Waals surface area contributed by atoms with Crippen molar-refractivity contribution in [2.24, 2.45) is 5.73 Å². The quantitative estimate of drug-likeness (QED) is 0.859. The molecule has 0 spiro atoms. The minimum absolute atomic E-state index is 0.190. The summed E-state index contributed by atoms with van der Waals surface area (Å²) in [5.41, 5.74) is 6.64. The standard InChI is InChI=1S/C9H9N3OS2/c10-3-8-12-7(5-15-8)9(13)11-6-1-2-14-4-6/h1-2,4-5H,3,10H2,(H,11,13). The van der Waals surface area contributed by atoms with Gasteiger partial charge in [-0.3, -0.25) is 4.79 Å². The van der Waals surface area contributed by atoms with E-state index in [1.807, 2.05) is 16.8 Å². The van der Waals surface area contributed by atoms with Gasteiger partial charge in [-0.15, -0.1) is 11.3 Å². The third-order valence-corrected chi connectivity index (χ3v) is 3.29. The van der Waals surface area contributed by atoms with Crippen LogP contribution in [-0.2, 0) is 6.54 Å². The van der Waals surface area contributed by atoms with Gasteiger partial charge in [-0.25, -0.2) is 4.98 Å². The Morgan fingerprint density at radius 1 is 1.53 bits per heavy atom. The first-order valence-electron chi connectivity index (χ1n) is 4.27. The second-order valence-electron chi connectivity index (χ2n) is 2.80. The van der Waals surface area contributed by atoms with Gasteiger partial charge in [0.25, 0.3) is 5.91 Å². The molecule has 3 N–H and O–H groups in total. The highest BCUT2D eigenvalue weighted by Gasteiger charge is 2.10. The number of hydrogen-bond acceptors (Lipinski definition) is 5. The third-order valence-electron chi connectivity index (χ3n) is 1.74. The first-order valence-corrected chi connectivity index (χ1v) is 6.10. The van der Waals surface area contributed by atoms with Gasteiger partial charge in [0.05, 0.1) is 5.69 Å². The van der Waals surface area contributed by atoms with Crippen LogP contribution in [0.15, 0.2) is 22.2 Å². The number of amides is 1. The van der Waals surface area contributed by atoms with Crippen molar-refractivity contribution in [1.29, 1.82) is 0 Å². The number of nitrogens with one attached hydrogen (secondary N) is 1. The monoisotopic (exact) mass is 239 g/mol. The lowest BCUT2D eigenvalue weighted by atomic mass is 10.4. The second-order valence-corrected chi connectivity index (χ2v) is 4.52. The molecular formula is C9H9N3OS2. The van der Waals surface area contributed by atoms with Gasteiger partial charge in [-0.1, -0.05) is 0 Å². The van der Waals surface area contributed by atoms with Crippen LogP contribution in [0.25, 0.3) is 0 Å². The Hall–Kier alpha value is -1.24. The lowest BCUT2D eigenvalue weighted by Crippen LogP contribution is -2.12. The first kappa shape index (κ1) is 10.3. The van der Waals surface area contributed by atoms with Gasteiger partial charge in [-0.2, -0.15) is 11.3 Å². The van der Waals surface area contributed by atoms with Crippen molar-refractivity contribution < 1.29 is 4.79 Å². The fourth-order valence-electron chi connectivity index (χ4n) is 1.04. The van der Waals surface area contributed by atoms with Gasteiger partial charge < -0.3 is 11.1 Å². The van der Waals surface area contributed by atoms with E-state index >= 15 is 0 Å². The number of rotatable bonds is 3. The van der Waals surface area contributed by atoms with Crippen molar-refractivity contribution in [3.05, 3.63) is 32.9 Å². The zero-order valence-electron chi connectivity index (χ0n) is 7.77. The van der Waals surface area contributed by atoms with Crippen LogP contribution < -0.4 is 11.1 Å². The molecule has 0 aliphatic carbocycles. The molecule has 6 heteroatoms. The zero-order chi connectivity index (χ0) is 10.7. The van der Waals surface area contributed by atoms with Crippen LogP contribution in [0.3, 0.4) is 0 Å². The number of aromatic nitrogens is 1. The summed E-state index contributed by atoms with van der Waals surface area (Å²) in [4.78, 5) is 15.7. The van der Waals surface area contributed by atoms with Crippen molar-refractivity contribution in [1.82, 2.24) is 4.98 Å². The van der Waals surface area contributed by atoms with Crippen molar-refractivity contribution in [3.8, 4) is 0 Å². The minimum Gasteiger partial charge on any atom is -0.325 e. The fraction of sp³-hybridized carbons (Fsp3) is 0.111. The molecule has 0 aliphatic rings. The number of nitrogens with two attached hydrogens (primary N) is 1. The molecule has 0 fully saturated rings. The highest BCUT2D eigenvalue weighted by Crippen LogP contribution is 2.14. The first-order chi connectivity index (χ1) is 7.29. The van der Waals surface area contributed by atoms with E-state index in [-0.39, 0.29) is 5.91 Å². The molecule has 0 aromatic carbocycles. The summed E-state index contributed by atoms with van der Waals surface area (Å²) in [5.74, 6) is -0.190. The van der Waals surface area contributed by atoms with Gasteiger partial charge in [0.15, 0.2) is 0 Å². The van der Waals surface area contributed by atoms with Crippen LogP contribution >= 0.6 is 22.7 Å². The number of thiophene rings is 1. The topological polar surface area (TPSA) is 68.0 Å². The highest BCUT2D eigenvalue weighted by molar-refractivity contribution is 7.09. The molecule has 4 nitrogen and oxygen atoms in total. The molecule has 0 saturated carbocycles. The Bertz CT molecular complexity index is 450. The molecule has 0 unspecified atom stereocenters. The predicted octanol–water partition coefficient (Wildman–Crippen LogP) is 1.92. The molecule has 2 rings (SSSR count). The van der Waals surface area contributed by atoms with Crippen LogP contribution in [0.2, 0.25) is 0 Å². The maximum absolute atomic E-state index is 11.6. The molecule has 2 heterocycles. The van der Waals surface area contributed by atoms with Crippen molar-refractivity contribution >= 4 is 34.3 Å². The van der Waals surface area contributed by atoms with E-state index in [4.69, 9.17) is 5.73 Å². The molecule has 2 aromatic rings. The highest BCUT2D eigenvalue weighted by atomic mass is 32.1. The molecule has 2 aromatic heterocycles. The number of carbonyl (C=O) groups is 1. The van der Waals surface area contributed by atoms with Crippen molar-refractivity contribution in [2.45, 2.75) is 6.54 Å². The van der Waals surface area contributed by atoms with Crippen molar-refractivity contribution in [3.63, 3.8) is 0 Å². The van der Waals surface area contributed by atoms with Crippen LogP contribution in [0, 0.1) is 0 Å². The largest absolute Gasteiger partial charge is 0.325 e. The van der Waals surface area contributed by atoms with E-state index in [1.54, 1.807) is 5.38 Å². The summed E-state index contributed by atoms with van der Waals surface area (Å²) >= 11 is 2.93. The number of hydrogen-bond donors (Lipinski definition) is 2. The number of carbonyl (C=O) groups excluding carboxylic acids is 1. The molecule has 0 saturated heterocycles. The average molecular weight is 239 g/mol. The Labute approximate surface area is 94.8 Å². The Morgan fingerprint density at radius 2 is 2.40 bits per heavy atom. The SMILES string of the molecule is NCc1nc(C(=O)Nc2ccsc2)cs1. The normalized spacial score (nSPS) is 10.2. The summed E-state index contributed by atoms with van der Waals surface area (Å²) in [6.45, 7) is 0.371. The van der Waals surface area contributed by atoms with Gasteiger partial charge >= 0.3 is 0 Å². The number of thiazole rings is 1. The number of nitrogens with zero attached hydrogens (tertiary/aromatic N) is 1. The van der Waals surface area contributed by atoms with E-state index < -0.39 is 0 Å². The van der Waals surface area contributed by atoms with E-state index in [0.717, 1.165) is 10.7 Å². The molecule has 15 heavy (non-hydrogen) atoms. The minimum atomic E-state index is -0.190. The molecule has 0 aliphatic heterocycles. The second kappa shape index (κ2) is 4.52. The smallest absolute Gasteiger partial charge is 0.275 e.